The molecule has 8 heteroatoms. The molecule has 1 atom stereocenters. The summed E-state index contributed by atoms with van der Waals surface area (Å²) in [6.45, 7) is -2.64. The molecule has 26 heavy (non-hydrogen) atoms. The highest BCUT2D eigenvalue weighted by molar-refractivity contribution is 6.30. The van der Waals surface area contributed by atoms with E-state index in [0.29, 0.717) is 16.4 Å². The zero-order valence-electron chi connectivity index (χ0n) is 13.5. The van der Waals surface area contributed by atoms with Crippen LogP contribution in [0.4, 0.5) is 20.2 Å². The molecule has 136 valence electrons. The first kappa shape index (κ1) is 18.1. The molecule has 1 aliphatic heterocycles. The van der Waals surface area contributed by atoms with E-state index >= 15 is 0 Å². The van der Waals surface area contributed by atoms with Crippen LogP contribution in [0.2, 0.25) is 5.02 Å². The summed E-state index contributed by atoms with van der Waals surface area (Å²) in [6, 6.07) is 12.4. The molecule has 2 amide bonds. The van der Waals surface area contributed by atoms with Crippen molar-refractivity contribution < 1.29 is 23.1 Å². The maximum absolute atomic E-state index is 12.4. The van der Waals surface area contributed by atoms with Crippen LogP contribution in [0.15, 0.2) is 48.5 Å². The van der Waals surface area contributed by atoms with Gasteiger partial charge >= 0.3 is 6.61 Å². The Morgan fingerprint density at radius 2 is 1.81 bits per heavy atom. The summed E-state index contributed by atoms with van der Waals surface area (Å²) < 4.78 is 28.5. The minimum Gasteiger partial charge on any atom is -0.435 e. The van der Waals surface area contributed by atoms with Gasteiger partial charge < -0.3 is 15.0 Å². The molecule has 3 rings (SSSR count). The fourth-order valence-corrected chi connectivity index (χ4v) is 2.84. The lowest BCUT2D eigenvalue weighted by atomic mass is 10.1. The lowest BCUT2D eigenvalue weighted by molar-refractivity contribution is -0.122. The molecular weight excluding hydrogens is 366 g/mol. The van der Waals surface area contributed by atoms with Crippen LogP contribution in [-0.2, 0) is 9.59 Å². The molecule has 1 aliphatic rings. The highest BCUT2D eigenvalue weighted by atomic mass is 35.5. The summed E-state index contributed by atoms with van der Waals surface area (Å²) >= 11 is 5.84. The Kier molecular flexibility index (Phi) is 5.37. The molecule has 0 aromatic heterocycles. The predicted octanol–water partition coefficient (Wildman–Crippen LogP) is 3.93. The second-order valence-corrected chi connectivity index (χ2v) is 6.21. The minimum absolute atomic E-state index is 0.00274. The van der Waals surface area contributed by atoms with Crippen LogP contribution in [0, 0.1) is 5.92 Å². The number of nitrogens with one attached hydrogen (secondary N) is 1. The van der Waals surface area contributed by atoms with Gasteiger partial charge in [-0.3, -0.25) is 9.59 Å². The molecule has 0 spiro atoms. The second-order valence-electron chi connectivity index (χ2n) is 5.77. The number of ether oxygens (including phenoxy) is 1. The van der Waals surface area contributed by atoms with E-state index < -0.39 is 12.5 Å². The van der Waals surface area contributed by atoms with Crippen molar-refractivity contribution in [1.82, 2.24) is 0 Å². The minimum atomic E-state index is -2.90. The third-order valence-corrected chi connectivity index (χ3v) is 4.23. The van der Waals surface area contributed by atoms with Gasteiger partial charge in [0.1, 0.15) is 5.75 Å². The zero-order chi connectivity index (χ0) is 18.7. The van der Waals surface area contributed by atoms with E-state index in [4.69, 9.17) is 11.6 Å². The lowest BCUT2D eigenvalue weighted by Crippen LogP contribution is -2.28. The Bertz CT molecular complexity index is 797. The number of rotatable bonds is 5. The van der Waals surface area contributed by atoms with Crippen LogP contribution in [0.3, 0.4) is 0 Å². The van der Waals surface area contributed by atoms with Gasteiger partial charge in [-0.1, -0.05) is 11.6 Å². The number of amides is 2. The molecule has 1 unspecified atom stereocenters. The first-order chi connectivity index (χ1) is 12.4. The van der Waals surface area contributed by atoms with Crippen molar-refractivity contribution in [2.24, 2.45) is 5.92 Å². The van der Waals surface area contributed by atoms with Crippen LogP contribution >= 0.6 is 11.6 Å². The average Bonchev–Trinajstić information content (AvgIpc) is 2.99. The Hall–Kier alpha value is -2.67. The standard InChI is InChI=1S/C18H15ClF2N2O3/c19-12-1-5-14(6-2-12)23-10-11(9-16(23)24)17(25)22-13-3-7-15(8-4-13)26-18(20)21/h1-8,11,18H,9-10H2,(H,22,25). The van der Waals surface area contributed by atoms with Crippen LogP contribution in [0.5, 0.6) is 5.75 Å². The fraction of sp³-hybridized carbons (Fsp3) is 0.222. The topological polar surface area (TPSA) is 58.6 Å². The fourth-order valence-electron chi connectivity index (χ4n) is 2.72. The van der Waals surface area contributed by atoms with Gasteiger partial charge in [0, 0.05) is 29.4 Å². The van der Waals surface area contributed by atoms with Crippen molar-refractivity contribution in [3.05, 3.63) is 53.6 Å². The number of benzene rings is 2. The van der Waals surface area contributed by atoms with Crippen LogP contribution < -0.4 is 15.0 Å². The lowest BCUT2D eigenvalue weighted by Gasteiger charge is -2.16. The van der Waals surface area contributed by atoms with E-state index in [0.717, 1.165) is 0 Å². The maximum Gasteiger partial charge on any atom is 0.387 e. The average molecular weight is 381 g/mol. The number of anilines is 2. The number of carbonyl (C=O) groups is 2. The molecule has 1 saturated heterocycles. The van der Waals surface area contributed by atoms with Crippen LogP contribution in [0.25, 0.3) is 0 Å². The Morgan fingerprint density at radius 3 is 2.42 bits per heavy atom. The SMILES string of the molecule is O=C(Nc1ccc(OC(F)F)cc1)C1CC(=O)N(c2ccc(Cl)cc2)C1. The molecule has 1 fully saturated rings. The van der Waals surface area contributed by atoms with Gasteiger partial charge in [0.2, 0.25) is 11.8 Å². The molecule has 0 saturated carbocycles. The second kappa shape index (κ2) is 7.70. The molecule has 1 heterocycles. The third kappa shape index (κ3) is 4.29. The van der Waals surface area contributed by atoms with E-state index in [9.17, 15) is 18.4 Å². The number of carbonyl (C=O) groups excluding carboxylic acids is 2. The van der Waals surface area contributed by atoms with Gasteiger partial charge in [-0.25, -0.2) is 0 Å². The van der Waals surface area contributed by atoms with Gasteiger partial charge in [0.25, 0.3) is 0 Å². The van der Waals surface area contributed by atoms with Gasteiger partial charge in [-0.15, -0.1) is 0 Å². The van der Waals surface area contributed by atoms with E-state index in [1.54, 1.807) is 29.2 Å². The van der Waals surface area contributed by atoms with Crippen LogP contribution in [-0.4, -0.2) is 25.0 Å². The quantitative estimate of drug-likeness (QED) is 0.855. The van der Waals surface area contributed by atoms with E-state index in [1.165, 1.54) is 24.3 Å². The zero-order valence-corrected chi connectivity index (χ0v) is 14.2. The van der Waals surface area contributed by atoms with Crippen molar-refractivity contribution in [2.45, 2.75) is 13.0 Å². The summed E-state index contributed by atoms with van der Waals surface area (Å²) in [7, 11) is 0. The Morgan fingerprint density at radius 1 is 1.15 bits per heavy atom. The van der Waals surface area contributed by atoms with Crippen molar-refractivity contribution in [2.75, 3.05) is 16.8 Å². The molecule has 2 aromatic carbocycles. The summed E-state index contributed by atoms with van der Waals surface area (Å²) in [5, 5.41) is 3.25. The monoisotopic (exact) mass is 380 g/mol. The number of alkyl halides is 2. The third-order valence-electron chi connectivity index (χ3n) is 3.98. The Balaban J connectivity index is 1.62. The number of halogens is 3. The van der Waals surface area contributed by atoms with E-state index in [1.807, 2.05) is 0 Å². The summed E-state index contributed by atoms with van der Waals surface area (Å²) in [5.41, 5.74) is 1.12. The number of nitrogens with zero attached hydrogens (tertiary/aromatic N) is 1. The molecule has 0 bridgehead atoms. The summed E-state index contributed by atoms with van der Waals surface area (Å²) in [6.07, 6.45) is 0.0983. The molecule has 1 N–H and O–H groups in total. The van der Waals surface area contributed by atoms with Crippen molar-refractivity contribution in [1.29, 1.82) is 0 Å². The van der Waals surface area contributed by atoms with Gasteiger partial charge in [0.05, 0.1) is 5.92 Å². The highest BCUT2D eigenvalue weighted by Gasteiger charge is 2.35. The van der Waals surface area contributed by atoms with E-state index in [-0.39, 0.29) is 30.5 Å². The van der Waals surface area contributed by atoms with Crippen LogP contribution in [0.1, 0.15) is 6.42 Å². The maximum atomic E-state index is 12.4. The van der Waals surface area contributed by atoms with Gasteiger partial charge in [-0.2, -0.15) is 8.78 Å². The largest absolute Gasteiger partial charge is 0.435 e. The number of hydrogen-bond donors (Lipinski definition) is 1. The first-order valence-electron chi connectivity index (χ1n) is 7.84. The normalized spacial score (nSPS) is 16.8. The molecule has 2 aromatic rings. The van der Waals surface area contributed by atoms with Crippen molar-refractivity contribution >= 4 is 34.8 Å². The Labute approximate surface area is 153 Å². The molecule has 5 nitrogen and oxygen atoms in total. The van der Waals surface area contributed by atoms with Crippen molar-refractivity contribution in [3.63, 3.8) is 0 Å². The molecule has 0 aliphatic carbocycles. The number of hydrogen-bond acceptors (Lipinski definition) is 3. The summed E-state index contributed by atoms with van der Waals surface area (Å²) in [4.78, 5) is 26.1. The summed E-state index contributed by atoms with van der Waals surface area (Å²) in [5.74, 6) is -0.955. The predicted molar refractivity (Wildman–Crippen MR) is 93.6 cm³/mol. The van der Waals surface area contributed by atoms with Gasteiger partial charge in [0.15, 0.2) is 0 Å². The van der Waals surface area contributed by atoms with E-state index in [2.05, 4.69) is 10.1 Å². The smallest absolute Gasteiger partial charge is 0.387 e. The molecular formula is C18H15ClF2N2O3. The van der Waals surface area contributed by atoms with Crippen molar-refractivity contribution in [3.8, 4) is 5.75 Å². The molecule has 0 radical (unpaired) electrons. The first-order valence-corrected chi connectivity index (χ1v) is 8.22. The van der Waals surface area contributed by atoms with Gasteiger partial charge in [-0.05, 0) is 48.5 Å². The highest BCUT2D eigenvalue weighted by Crippen LogP contribution is 2.27.